The normalized spacial score (nSPS) is 19.3. The molecule has 4 N–H and O–H groups in total. The second kappa shape index (κ2) is 8.39. The van der Waals surface area contributed by atoms with E-state index in [0.717, 1.165) is 16.5 Å². The van der Waals surface area contributed by atoms with Crippen molar-refractivity contribution < 1.29 is 27.8 Å². The molecule has 3 aromatic rings. The minimum atomic E-state index is -3.81. The average Bonchev–Trinajstić information content (AvgIpc) is 3.30. The molecule has 2 atom stereocenters. The number of hydrogen-bond donors (Lipinski definition) is 4. The number of aliphatic hydroxyl groups excluding tert-OH is 2. The standard InChI is InChI=1S/C21H22FN3O5S/c22-14-3-6-16-17(10-23-18(16)9-14)13-1-4-15(5-2-13)31(29,30)24-8-7-21(28)25-11-19(26)20(27)12-25/h1-6,9-10,19-20,23-24,26-27H,7-8,11-12H2/t19-,20-/m0/s1. The zero-order chi connectivity index (χ0) is 22.2. The molecule has 10 heteroatoms. The molecule has 164 valence electrons. The number of aliphatic hydroxyl groups is 2. The molecule has 0 radical (unpaired) electrons. The number of aromatic nitrogens is 1. The molecule has 0 spiro atoms. The van der Waals surface area contributed by atoms with Crippen molar-refractivity contribution in [3.8, 4) is 11.1 Å². The number of amides is 1. The topological polar surface area (TPSA) is 123 Å². The van der Waals surface area contributed by atoms with E-state index in [4.69, 9.17) is 0 Å². The lowest BCUT2D eigenvalue weighted by molar-refractivity contribution is -0.130. The Bertz CT molecular complexity index is 1200. The van der Waals surface area contributed by atoms with Gasteiger partial charge in [0.1, 0.15) is 5.82 Å². The molecule has 0 saturated carbocycles. The Morgan fingerprint density at radius 3 is 2.48 bits per heavy atom. The first-order valence-electron chi connectivity index (χ1n) is 9.75. The zero-order valence-electron chi connectivity index (χ0n) is 16.5. The third kappa shape index (κ3) is 4.47. The van der Waals surface area contributed by atoms with Crippen LogP contribution in [-0.2, 0) is 14.8 Å². The monoisotopic (exact) mass is 447 g/mol. The fourth-order valence-corrected chi connectivity index (χ4v) is 4.69. The quantitative estimate of drug-likeness (QED) is 0.452. The highest BCUT2D eigenvalue weighted by Gasteiger charge is 2.32. The number of hydrogen-bond acceptors (Lipinski definition) is 5. The van der Waals surface area contributed by atoms with Gasteiger partial charge in [0.2, 0.25) is 15.9 Å². The summed E-state index contributed by atoms with van der Waals surface area (Å²) in [5.74, 6) is -0.687. The van der Waals surface area contributed by atoms with Crippen LogP contribution in [0, 0.1) is 5.82 Å². The molecule has 1 aliphatic rings. The van der Waals surface area contributed by atoms with Gasteiger partial charge in [0, 0.05) is 48.7 Å². The minimum absolute atomic E-state index is 0.0364. The predicted octanol–water partition coefficient (Wildman–Crippen LogP) is 1.21. The van der Waals surface area contributed by atoms with E-state index in [1.807, 2.05) is 0 Å². The number of benzene rings is 2. The highest BCUT2D eigenvalue weighted by atomic mass is 32.2. The molecule has 31 heavy (non-hydrogen) atoms. The Morgan fingerprint density at radius 1 is 1.13 bits per heavy atom. The highest BCUT2D eigenvalue weighted by Crippen LogP contribution is 2.29. The number of nitrogens with one attached hydrogen (secondary N) is 2. The van der Waals surface area contributed by atoms with Crippen molar-refractivity contribution in [2.75, 3.05) is 19.6 Å². The van der Waals surface area contributed by atoms with Gasteiger partial charge < -0.3 is 20.1 Å². The van der Waals surface area contributed by atoms with Gasteiger partial charge in [-0.15, -0.1) is 0 Å². The van der Waals surface area contributed by atoms with Crippen molar-refractivity contribution in [1.29, 1.82) is 0 Å². The largest absolute Gasteiger partial charge is 0.388 e. The molecule has 4 rings (SSSR count). The van der Waals surface area contributed by atoms with Gasteiger partial charge in [0.15, 0.2) is 0 Å². The number of nitrogens with zero attached hydrogens (tertiary/aromatic N) is 1. The average molecular weight is 447 g/mol. The minimum Gasteiger partial charge on any atom is -0.388 e. The number of H-pyrrole nitrogens is 1. The van der Waals surface area contributed by atoms with Gasteiger partial charge in [-0.3, -0.25) is 4.79 Å². The zero-order valence-corrected chi connectivity index (χ0v) is 17.3. The fraction of sp³-hybridized carbons (Fsp3) is 0.286. The Kier molecular flexibility index (Phi) is 5.80. The fourth-order valence-electron chi connectivity index (χ4n) is 3.66. The van der Waals surface area contributed by atoms with Crippen LogP contribution in [0.15, 0.2) is 53.6 Å². The molecular weight excluding hydrogens is 425 g/mol. The van der Waals surface area contributed by atoms with Gasteiger partial charge in [-0.2, -0.15) is 0 Å². The SMILES string of the molecule is O=C(CCNS(=O)(=O)c1ccc(-c2c[nH]c3cc(F)ccc23)cc1)N1C[C@H](O)[C@@H](O)C1. The Balaban J connectivity index is 1.40. The van der Waals surface area contributed by atoms with Crippen LogP contribution in [0.2, 0.25) is 0 Å². The van der Waals surface area contributed by atoms with Crippen LogP contribution in [0.5, 0.6) is 0 Å². The number of aromatic amines is 1. The van der Waals surface area contributed by atoms with E-state index in [1.165, 1.54) is 29.2 Å². The lowest BCUT2D eigenvalue weighted by atomic mass is 10.1. The molecule has 0 aliphatic carbocycles. The first kappa shape index (κ1) is 21.4. The molecule has 1 fully saturated rings. The van der Waals surface area contributed by atoms with Crippen molar-refractivity contribution >= 4 is 26.8 Å². The third-order valence-electron chi connectivity index (χ3n) is 5.36. The van der Waals surface area contributed by atoms with Gasteiger partial charge in [-0.05, 0) is 35.9 Å². The summed E-state index contributed by atoms with van der Waals surface area (Å²) in [5, 5.41) is 19.8. The van der Waals surface area contributed by atoms with Crippen molar-refractivity contribution in [1.82, 2.24) is 14.6 Å². The Hall–Kier alpha value is -2.79. The Labute approximate surface area is 178 Å². The molecule has 2 heterocycles. The first-order valence-corrected chi connectivity index (χ1v) is 11.2. The molecule has 1 saturated heterocycles. The summed E-state index contributed by atoms with van der Waals surface area (Å²) in [4.78, 5) is 16.5. The maximum absolute atomic E-state index is 13.4. The van der Waals surface area contributed by atoms with Gasteiger partial charge >= 0.3 is 0 Å². The number of sulfonamides is 1. The second-order valence-corrected chi connectivity index (χ2v) is 9.26. The molecule has 2 aromatic carbocycles. The molecule has 1 aromatic heterocycles. The van der Waals surface area contributed by atoms with Crippen LogP contribution in [-0.4, -0.2) is 66.3 Å². The molecule has 8 nitrogen and oxygen atoms in total. The third-order valence-corrected chi connectivity index (χ3v) is 6.84. The van der Waals surface area contributed by atoms with Crippen molar-refractivity contribution in [2.24, 2.45) is 0 Å². The van der Waals surface area contributed by atoms with Gasteiger partial charge in [-0.25, -0.2) is 17.5 Å². The van der Waals surface area contributed by atoms with Crippen molar-refractivity contribution in [3.05, 3.63) is 54.5 Å². The van der Waals surface area contributed by atoms with Crippen LogP contribution in [0.1, 0.15) is 6.42 Å². The number of rotatable bonds is 6. The van der Waals surface area contributed by atoms with E-state index in [2.05, 4.69) is 9.71 Å². The summed E-state index contributed by atoms with van der Waals surface area (Å²) < 4.78 is 40.8. The summed E-state index contributed by atoms with van der Waals surface area (Å²) in [6.07, 6.45) is -0.294. The van der Waals surface area contributed by atoms with Crippen molar-refractivity contribution in [3.63, 3.8) is 0 Å². The lowest BCUT2D eigenvalue weighted by Crippen LogP contribution is -2.33. The van der Waals surface area contributed by atoms with Crippen LogP contribution in [0.4, 0.5) is 4.39 Å². The molecular formula is C21H22FN3O5S. The first-order chi connectivity index (χ1) is 14.7. The maximum atomic E-state index is 13.4. The summed E-state index contributed by atoms with van der Waals surface area (Å²) in [6.45, 7) is -0.0248. The van der Waals surface area contributed by atoms with Crippen LogP contribution in [0.25, 0.3) is 22.0 Å². The van der Waals surface area contributed by atoms with Crippen molar-refractivity contribution in [2.45, 2.75) is 23.5 Å². The van der Waals surface area contributed by atoms with E-state index >= 15 is 0 Å². The van der Waals surface area contributed by atoms with E-state index in [1.54, 1.807) is 24.4 Å². The summed E-state index contributed by atoms with van der Waals surface area (Å²) in [7, 11) is -3.81. The van der Waals surface area contributed by atoms with Crippen LogP contribution >= 0.6 is 0 Å². The lowest BCUT2D eigenvalue weighted by Gasteiger charge is -2.15. The molecule has 0 bridgehead atoms. The number of halogens is 1. The number of β-amino-alcohol motifs (C(OH)–C–C–N with tert-alkyl or cyclic N) is 2. The summed E-state index contributed by atoms with van der Waals surface area (Å²) in [5.41, 5.74) is 2.25. The van der Waals surface area contributed by atoms with E-state index in [-0.39, 0.29) is 42.7 Å². The van der Waals surface area contributed by atoms with E-state index < -0.39 is 22.2 Å². The number of likely N-dealkylation sites (tertiary alicyclic amines) is 1. The molecule has 1 aliphatic heterocycles. The molecule has 0 unspecified atom stereocenters. The van der Waals surface area contributed by atoms with Gasteiger partial charge in [0.05, 0.1) is 17.1 Å². The smallest absolute Gasteiger partial charge is 0.240 e. The number of carbonyl (C=O) groups is 1. The molecule has 1 amide bonds. The van der Waals surface area contributed by atoms with Gasteiger partial charge in [0.25, 0.3) is 0 Å². The van der Waals surface area contributed by atoms with E-state index in [0.29, 0.717) is 5.52 Å². The Morgan fingerprint density at radius 2 is 1.81 bits per heavy atom. The predicted molar refractivity (Wildman–Crippen MR) is 112 cm³/mol. The second-order valence-electron chi connectivity index (χ2n) is 7.50. The van der Waals surface area contributed by atoms with Crippen LogP contribution < -0.4 is 4.72 Å². The summed E-state index contributed by atoms with van der Waals surface area (Å²) >= 11 is 0. The summed E-state index contributed by atoms with van der Waals surface area (Å²) in [6, 6.07) is 10.7. The highest BCUT2D eigenvalue weighted by molar-refractivity contribution is 7.89. The van der Waals surface area contributed by atoms with E-state index in [9.17, 15) is 27.8 Å². The van der Waals surface area contributed by atoms with Crippen LogP contribution in [0.3, 0.4) is 0 Å². The van der Waals surface area contributed by atoms with Gasteiger partial charge in [-0.1, -0.05) is 12.1 Å². The maximum Gasteiger partial charge on any atom is 0.240 e. The number of carbonyl (C=O) groups excluding carboxylic acids is 1. The number of fused-ring (bicyclic) bond motifs is 1.